The Morgan fingerprint density at radius 1 is 1.17 bits per heavy atom. The fourth-order valence-electron chi connectivity index (χ4n) is 0. The highest BCUT2D eigenvalue weighted by molar-refractivity contribution is 7.69. The molecule has 39 valence electrons. The summed E-state index contributed by atoms with van der Waals surface area (Å²) in [6, 6.07) is 0. The zero-order valence-corrected chi connectivity index (χ0v) is 5.75. The van der Waals surface area contributed by atoms with Crippen molar-refractivity contribution < 1.29 is 4.52 Å². The van der Waals surface area contributed by atoms with Crippen LogP contribution in [0.2, 0.25) is 0 Å². The van der Waals surface area contributed by atoms with Gasteiger partial charge in [0.2, 0.25) is 0 Å². The van der Waals surface area contributed by atoms with Gasteiger partial charge < -0.3 is 4.52 Å². The van der Waals surface area contributed by atoms with E-state index < -0.39 is 7.49 Å². The van der Waals surface area contributed by atoms with Crippen LogP contribution in [0, 0.1) is 0 Å². The average Bonchev–Trinajstić information content (AvgIpc) is 1.35. The van der Waals surface area contributed by atoms with Gasteiger partial charge in [-0.1, -0.05) is 0 Å². The zero-order chi connectivity index (χ0) is 5.21. The molecular weight excluding hydrogens is 95.0 g/mol. The van der Waals surface area contributed by atoms with Crippen molar-refractivity contribution in [2.24, 2.45) is 0 Å². The van der Waals surface area contributed by atoms with Gasteiger partial charge in [0, 0.05) is 7.11 Å². The molecule has 1 nitrogen and oxygen atoms in total. The van der Waals surface area contributed by atoms with E-state index in [9.17, 15) is 0 Å². The minimum absolute atomic E-state index is 0.897. The van der Waals surface area contributed by atoms with Crippen molar-refractivity contribution in [1.82, 2.24) is 0 Å². The van der Waals surface area contributed by atoms with Crippen LogP contribution in [-0.4, -0.2) is 27.1 Å². The molecule has 0 heterocycles. The fourth-order valence-corrected chi connectivity index (χ4v) is 0. The van der Waals surface area contributed by atoms with Crippen LogP contribution >= 0.6 is 7.49 Å². The SMILES string of the molecule is CO[P](C)(C)C. The van der Waals surface area contributed by atoms with E-state index in [1.54, 1.807) is 7.11 Å². The lowest BCUT2D eigenvalue weighted by molar-refractivity contribution is 0.456. The Bertz CT molecular complexity index is 37.3. The van der Waals surface area contributed by atoms with Crippen LogP contribution in [0.1, 0.15) is 0 Å². The quantitative estimate of drug-likeness (QED) is 0.461. The van der Waals surface area contributed by atoms with Gasteiger partial charge in [0.1, 0.15) is 0 Å². The molecule has 0 aliphatic heterocycles. The molecule has 0 bridgehead atoms. The predicted molar refractivity (Wildman–Crippen MR) is 31.7 cm³/mol. The second-order valence-electron chi connectivity index (χ2n) is 2.07. The Balaban J connectivity index is 3.17. The van der Waals surface area contributed by atoms with Crippen molar-refractivity contribution >= 4 is 7.49 Å². The zero-order valence-electron chi connectivity index (χ0n) is 4.86. The normalized spacial score (nSPS) is 12.0. The largest absolute Gasteiger partial charge is 0.369 e. The highest BCUT2D eigenvalue weighted by Gasteiger charge is 2.00. The van der Waals surface area contributed by atoms with E-state index in [4.69, 9.17) is 4.52 Å². The summed E-state index contributed by atoms with van der Waals surface area (Å²) in [5.74, 6) is 0. The topological polar surface area (TPSA) is 9.23 Å². The Kier molecular flexibility index (Phi) is 2.03. The predicted octanol–water partition coefficient (Wildman–Crippen LogP) is 1.45. The average molecular weight is 107 g/mol. The summed E-state index contributed by atoms with van der Waals surface area (Å²) in [7, 11) is 0.861. The van der Waals surface area contributed by atoms with Gasteiger partial charge in [-0.15, -0.1) is 0 Å². The first-order valence-corrected chi connectivity index (χ1v) is 4.98. The van der Waals surface area contributed by atoms with Crippen LogP contribution in [0.25, 0.3) is 0 Å². The molecule has 0 atom stereocenters. The van der Waals surface area contributed by atoms with Crippen molar-refractivity contribution in [3.63, 3.8) is 0 Å². The molecule has 0 fully saturated rings. The van der Waals surface area contributed by atoms with E-state index in [2.05, 4.69) is 20.0 Å². The maximum atomic E-state index is 5.05. The second kappa shape index (κ2) is 1.90. The number of hydrogen-bond donors (Lipinski definition) is 0. The summed E-state index contributed by atoms with van der Waals surface area (Å²) >= 11 is 0. The second-order valence-corrected chi connectivity index (χ2v) is 6.22. The lowest BCUT2D eigenvalue weighted by Gasteiger charge is -2.17. The van der Waals surface area contributed by atoms with Crippen molar-refractivity contribution in [2.75, 3.05) is 27.1 Å². The summed E-state index contributed by atoms with van der Waals surface area (Å²) < 4.78 is 5.05. The van der Waals surface area contributed by atoms with E-state index in [1.807, 2.05) is 0 Å². The lowest BCUT2D eigenvalue weighted by atomic mass is 11.8. The van der Waals surface area contributed by atoms with Crippen molar-refractivity contribution in [2.45, 2.75) is 0 Å². The third kappa shape index (κ3) is 4.39. The van der Waals surface area contributed by atoms with Crippen molar-refractivity contribution in [3.05, 3.63) is 0 Å². The minimum Gasteiger partial charge on any atom is -0.369 e. The van der Waals surface area contributed by atoms with E-state index in [-0.39, 0.29) is 0 Å². The molecule has 0 N–H and O–H groups in total. The molecule has 0 aliphatic rings. The molecule has 0 saturated heterocycles. The molecule has 0 spiro atoms. The first-order valence-electron chi connectivity index (χ1n) is 1.93. The van der Waals surface area contributed by atoms with Gasteiger partial charge in [-0.3, -0.25) is 0 Å². The van der Waals surface area contributed by atoms with Gasteiger partial charge in [-0.25, -0.2) is 0 Å². The Morgan fingerprint density at radius 2 is 1.33 bits per heavy atom. The lowest BCUT2D eigenvalue weighted by Crippen LogP contribution is -1.84. The standard InChI is InChI=1S/C4H12OP/c1-5-6(2,3)4/h1-4H3. The molecule has 0 rings (SSSR count). The van der Waals surface area contributed by atoms with Crippen LogP contribution in [0.3, 0.4) is 0 Å². The van der Waals surface area contributed by atoms with Gasteiger partial charge in [-0.05, 0) is 27.5 Å². The van der Waals surface area contributed by atoms with Gasteiger partial charge in [0.15, 0.2) is 0 Å². The monoisotopic (exact) mass is 107 g/mol. The Morgan fingerprint density at radius 3 is 1.33 bits per heavy atom. The first-order chi connectivity index (χ1) is 2.56. The smallest absolute Gasteiger partial charge is 0.0392 e. The number of hydrogen-bond acceptors (Lipinski definition) is 1. The van der Waals surface area contributed by atoms with Crippen LogP contribution in [-0.2, 0) is 4.52 Å². The molecule has 0 saturated carbocycles. The molecule has 0 aliphatic carbocycles. The Hall–Kier alpha value is 0.390. The van der Waals surface area contributed by atoms with Gasteiger partial charge in [0.05, 0.1) is 0 Å². The van der Waals surface area contributed by atoms with Crippen LogP contribution < -0.4 is 0 Å². The first kappa shape index (κ1) is 6.39. The van der Waals surface area contributed by atoms with E-state index in [0.717, 1.165) is 0 Å². The van der Waals surface area contributed by atoms with E-state index in [0.29, 0.717) is 0 Å². The minimum atomic E-state index is -0.897. The third-order valence-corrected chi connectivity index (χ3v) is 1.64. The molecule has 0 amide bonds. The van der Waals surface area contributed by atoms with Crippen LogP contribution in [0.15, 0.2) is 0 Å². The van der Waals surface area contributed by atoms with Crippen molar-refractivity contribution in [3.8, 4) is 0 Å². The van der Waals surface area contributed by atoms with E-state index >= 15 is 0 Å². The fraction of sp³-hybridized carbons (Fsp3) is 1.00. The summed E-state index contributed by atoms with van der Waals surface area (Å²) in [5.41, 5.74) is 0. The molecule has 1 radical (unpaired) electrons. The van der Waals surface area contributed by atoms with Gasteiger partial charge >= 0.3 is 0 Å². The van der Waals surface area contributed by atoms with Gasteiger partial charge in [0.25, 0.3) is 0 Å². The van der Waals surface area contributed by atoms with E-state index in [1.165, 1.54) is 0 Å². The summed E-state index contributed by atoms with van der Waals surface area (Å²) in [6.07, 6.45) is 0. The Labute approximate surface area is 40.1 Å². The number of rotatable bonds is 1. The molecule has 0 aromatic carbocycles. The molecular formula is C4H12OP. The molecule has 2 heteroatoms. The molecule has 0 aromatic rings. The molecule has 6 heavy (non-hydrogen) atoms. The summed E-state index contributed by atoms with van der Waals surface area (Å²) in [5, 5.41) is 0. The van der Waals surface area contributed by atoms with Crippen molar-refractivity contribution in [1.29, 1.82) is 0 Å². The van der Waals surface area contributed by atoms with Crippen LogP contribution in [0.5, 0.6) is 0 Å². The van der Waals surface area contributed by atoms with Gasteiger partial charge in [-0.2, -0.15) is 0 Å². The maximum Gasteiger partial charge on any atom is 0.0392 e. The highest BCUT2D eigenvalue weighted by atomic mass is 31.2. The third-order valence-electron chi connectivity index (χ3n) is 0.548. The summed E-state index contributed by atoms with van der Waals surface area (Å²) in [4.78, 5) is 0. The molecule has 0 aromatic heterocycles. The molecule has 0 unspecified atom stereocenters. The highest BCUT2D eigenvalue weighted by Crippen LogP contribution is 2.46. The van der Waals surface area contributed by atoms with Crippen LogP contribution in [0.4, 0.5) is 0 Å². The summed E-state index contributed by atoms with van der Waals surface area (Å²) in [6.45, 7) is 6.40. The maximum absolute atomic E-state index is 5.05.